The third kappa shape index (κ3) is 2.10. The zero-order valence-electron chi connectivity index (χ0n) is 10.5. The Morgan fingerprint density at radius 1 is 1.53 bits per heavy atom. The maximum Gasteiger partial charge on any atom is 0.202 e. The molecule has 5 heteroatoms. The Labute approximate surface area is 101 Å². The van der Waals surface area contributed by atoms with E-state index >= 15 is 0 Å². The fourth-order valence-corrected chi connectivity index (χ4v) is 1.92. The summed E-state index contributed by atoms with van der Waals surface area (Å²) < 4.78 is 7.35. The summed E-state index contributed by atoms with van der Waals surface area (Å²) in [5, 5.41) is 0. The van der Waals surface area contributed by atoms with E-state index in [2.05, 4.69) is 16.9 Å². The zero-order chi connectivity index (χ0) is 12.4. The standard InChI is InChI=1S/C12H18N4O/c1-4-17-7-9(3)16-11-10(15-12(16)13)8(2)5-6-14-11/h5-6,9H,4,7H2,1-3H3,(H2,13,15). The number of nitrogen functional groups attached to an aromatic ring is 1. The summed E-state index contributed by atoms with van der Waals surface area (Å²) in [6, 6.07) is 2.07. The summed E-state index contributed by atoms with van der Waals surface area (Å²) in [5.74, 6) is 0.494. The first-order valence-electron chi connectivity index (χ1n) is 5.82. The molecule has 0 bridgehead atoms. The van der Waals surface area contributed by atoms with Crippen LogP contribution in [0.2, 0.25) is 0 Å². The van der Waals surface area contributed by atoms with Gasteiger partial charge in [0.15, 0.2) is 5.65 Å². The molecule has 2 rings (SSSR count). The summed E-state index contributed by atoms with van der Waals surface area (Å²) >= 11 is 0. The number of aryl methyl sites for hydroxylation is 1. The number of anilines is 1. The molecule has 92 valence electrons. The number of nitrogens with two attached hydrogens (primary N) is 1. The predicted molar refractivity (Wildman–Crippen MR) is 67.9 cm³/mol. The highest BCUT2D eigenvalue weighted by Gasteiger charge is 2.15. The fourth-order valence-electron chi connectivity index (χ4n) is 1.92. The number of fused-ring (bicyclic) bond motifs is 1. The third-order valence-electron chi connectivity index (χ3n) is 2.81. The van der Waals surface area contributed by atoms with Gasteiger partial charge in [0.2, 0.25) is 5.95 Å². The first kappa shape index (κ1) is 11.9. The molecule has 0 aliphatic heterocycles. The highest BCUT2D eigenvalue weighted by atomic mass is 16.5. The zero-order valence-corrected chi connectivity index (χ0v) is 10.5. The molecule has 1 atom stereocenters. The molecule has 0 radical (unpaired) electrons. The van der Waals surface area contributed by atoms with Crippen molar-refractivity contribution in [2.24, 2.45) is 0 Å². The van der Waals surface area contributed by atoms with Crippen molar-refractivity contribution in [1.29, 1.82) is 0 Å². The summed E-state index contributed by atoms with van der Waals surface area (Å²) in [6.07, 6.45) is 1.78. The van der Waals surface area contributed by atoms with Crippen LogP contribution >= 0.6 is 0 Å². The second-order valence-corrected chi connectivity index (χ2v) is 4.15. The molecule has 0 fully saturated rings. The van der Waals surface area contributed by atoms with Gasteiger partial charge in [0, 0.05) is 12.8 Å². The minimum absolute atomic E-state index is 0.134. The summed E-state index contributed by atoms with van der Waals surface area (Å²) in [6.45, 7) is 7.35. The number of nitrogens with zero attached hydrogens (tertiary/aromatic N) is 3. The van der Waals surface area contributed by atoms with Gasteiger partial charge in [0.1, 0.15) is 5.52 Å². The number of imidazole rings is 1. The predicted octanol–water partition coefficient (Wildman–Crippen LogP) is 1.92. The van der Waals surface area contributed by atoms with Crippen LogP contribution in [0.3, 0.4) is 0 Å². The number of aromatic nitrogens is 3. The lowest BCUT2D eigenvalue weighted by Gasteiger charge is -2.14. The van der Waals surface area contributed by atoms with E-state index in [4.69, 9.17) is 10.5 Å². The van der Waals surface area contributed by atoms with Crippen molar-refractivity contribution in [3.63, 3.8) is 0 Å². The van der Waals surface area contributed by atoms with E-state index in [9.17, 15) is 0 Å². The van der Waals surface area contributed by atoms with Gasteiger partial charge in [-0.15, -0.1) is 0 Å². The van der Waals surface area contributed by atoms with Crippen molar-refractivity contribution in [3.05, 3.63) is 17.8 Å². The minimum Gasteiger partial charge on any atom is -0.380 e. The molecule has 1 unspecified atom stereocenters. The molecule has 2 heterocycles. The van der Waals surface area contributed by atoms with E-state index in [1.165, 1.54) is 0 Å². The van der Waals surface area contributed by atoms with Gasteiger partial charge in [-0.2, -0.15) is 0 Å². The largest absolute Gasteiger partial charge is 0.380 e. The average molecular weight is 234 g/mol. The Bertz CT molecular complexity index is 520. The van der Waals surface area contributed by atoms with Crippen LogP contribution in [-0.4, -0.2) is 27.7 Å². The quantitative estimate of drug-likeness (QED) is 0.877. The number of hydrogen-bond donors (Lipinski definition) is 1. The lowest BCUT2D eigenvalue weighted by atomic mass is 10.2. The van der Waals surface area contributed by atoms with E-state index in [0.717, 1.165) is 16.7 Å². The molecule has 17 heavy (non-hydrogen) atoms. The molecule has 2 N–H and O–H groups in total. The van der Waals surface area contributed by atoms with Crippen LogP contribution in [0.5, 0.6) is 0 Å². The van der Waals surface area contributed by atoms with E-state index in [-0.39, 0.29) is 6.04 Å². The molecule has 0 amide bonds. The number of ether oxygens (including phenoxy) is 1. The first-order chi connectivity index (χ1) is 8.15. The Balaban J connectivity index is 2.46. The highest BCUT2D eigenvalue weighted by molar-refractivity contribution is 5.77. The van der Waals surface area contributed by atoms with Crippen molar-refractivity contribution < 1.29 is 4.74 Å². The van der Waals surface area contributed by atoms with E-state index in [1.54, 1.807) is 6.20 Å². The van der Waals surface area contributed by atoms with Crippen molar-refractivity contribution >= 4 is 17.1 Å². The maximum atomic E-state index is 5.95. The molecule has 2 aromatic heterocycles. The maximum absolute atomic E-state index is 5.95. The van der Waals surface area contributed by atoms with Crippen LogP contribution < -0.4 is 5.73 Å². The van der Waals surface area contributed by atoms with E-state index in [0.29, 0.717) is 19.2 Å². The van der Waals surface area contributed by atoms with Crippen LogP contribution in [0.4, 0.5) is 5.95 Å². The Hall–Kier alpha value is -1.62. The van der Waals surface area contributed by atoms with Crippen molar-refractivity contribution in [2.75, 3.05) is 18.9 Å². The molecule has 0 aromatic carbocycles. The summed E-state index contributed by atoms with van der Waals surface area (Å²) in [7, 11) is 0. The molecule has 0 saturated heterocycles. The molecule has 0 aliphatic carbocycles. The van der Waals surface area contributed by atoms with E-state index in [1.807, 2.05) is 24.5 Å². The van der Waals surface area contributed by atoms with Crippen LogP contribution in [0.1, 0.15) is 25.5 Å². The number of pyridine rings is 1. The molecular formula is C12H18N4O. The van der Waals surface area contributed by atoms with E-state index < -0.39 is 0 Å². The van der Waals surface area contributed by atoms with Crippen molar-refractivity contribution in [3.8, 4) is 0 Å². The van der Waals surface area contributed by atoms with Gasteiger partial charge in [-0.1, -0.05) is 0 Å². The van der Waals surface area contributed by atoms with Gasteiger partial charge in [0.05, 0.1) is 12.6 Å². The first-order valence-corrected chi connectivity index (χ1v) is 5.82. The number of rotatable bonds is 4. The molecular weight excluding hydrogens is 216 g/mol. The molecule has 0 saturated carbocycles. The molecule has 5 nitrogen and oxygen atoms in total. The Morgan fingerprint density at radius 3 is 3.00 bits per heavy atom. The van der Waals surface area contributed by atoms with Crippen molar-refractivity contribution in [1.82, 2.24) is 14.5 Å². The SMILES string of the molecule is CCOCC(C)n1c(N)nc2c(C)ccnc21. The van der Waals surface area contributed by atoms with Crippen LogP contribution in [0, 0.1) is 6.92 Å². The monoisotopic (exact) mass is 234 g/mol. The van der Waals surface area contributed by atoms with Crippen LogP contribution in [0.25, 0.3) is 11.2 Å². The second-order valence-electron chi connectivity index (χ2n) is 4.15. The van der Waals surface area contributed by atoms with Crippen molar-refractivity contribution in [2.45, 2.75) is 26.8 Å². The normalized spacial score (nSPS) is 13.1. The lowest BCUT2D eigenvalue weighted by Crippen LogP contribution is -2.15. The summed E-state index contributed by atoms with van der Waals surface area (Å²) in [5.41, 5.74) is 8.74. The topological polar surface area (TPSA) is 66.0 Å². The van der Waals surface area contributed by atoms with Gasteiger partial charge < -0.3 is 10.5 Å². The number of hydrogen-bond acceptors (Lipinski definition) is 4. The van der Waals surface area contributed by atoms with Crippen LogP contribution in [-0.2, 0) is 4.74 Å². The minimum atomic E-state index is 0.134. The second kappa shape index (κ2) is 4.71. The summed E-state index contributed by atoms with van der Waals surface area (Å²) in [4.78, 5) is 8.72. The molecule has 0 spiro atoms. The van der Waals surface area contributed by atoms with Gasteiger partial charge in [0.25, 0.3) is 0 Å². The Morgan fingerprint density at radius 2 is 2.29 bits per heavy atom. The van der Waals surface area contributed by atoms with Gasteiger partial charge >= 0.3 is 0 Å². The van der Waals surface area contributed by atoms with Gasteiger partial charge in [-0.25, -0.2) is 9.97 Å². The van der Waals surface area contributed by atoms with Gasteiger partial charge in [-0.05, 0) is 32.4 Å². The lowest BCUT2D eigenvalue weighted by molar-refractivity contribution is 0.120. The van der Waals surface area contributed by atoms with Crippen LogP contribution in [0.15, 0.2) is 12.3 Å². The Kier molecular flexibility index (Phi) is 3.28. The van der Waals surface area contributed by atoms with Gasteiger partial charge in [-0.3, -0.25) is 4.57 Å². The highest BCUT2D eigenvalue weighted by Crippen LogP contribution is 2.23. The third-order valence-corrected chi connectivity index (χ3v) is 2.81. The fraction of sp³-hybridized carbons (Fsp3) is 0.500. The smallest absolute Gasteiger partial charge is 0.202 e. The molecule has 0 aliphatic rings. The average Bonchev–Trinajstić information content (AvgIpc) is 2.64. The molecule has 2 aromatic rings.